The van der Waals surface area contributed by atoms with Crippen molar-refractivity contribution in [3.8, 4) is 0 Å². The first kappa shape index (κ1) is 24.7. The first-order chi connectivity index (χ1) is 15.6. The molecule has 2 atom stereocenters. The predicted molar refractivity (Wildman–Crippen MR) is 139 cm³/mol. The van der Waals surface area contributed by atoms with Gasteiger partial charge in [0.1, 0.15) is 0 Å². The molecule has 0 saturated heterocycles. The van der Waals surface area contributed by atoms with Crippen molar-refractivity contribution in [3.05, 3.63) is 108 Å². The third-order valence-corrected chi connectivity index (χ3v) is 9.57. The van der Waals surface area contributed by atoms with Gasteiger partial charge in [0.25, 0.3) is 10.1 Å². The maximum absolute atomic E-state index is 14.9. The molecule has 2 saturated carbocycles. The molecule has 2 unspecified atom stereocenters. The number of ketones is 1. The number of fused-ring (bicyclic) bond motifs is 2. The second-order valence-electron chi connectivity index (χ2n) is 10.0. The van der Waals surface area contributed by atoms with Crippen LogP contribution in [0.2, 0.25) is 0 Å². The predicted octanol–water partition coefficient (Wildman–Crippen LogP) is 5.30. The second-order valence-corrected chi connectivity index (χ2v) is 11.5. The maximum atomic E-state index is 14.9. The van der Waals surface area contributed by atoms with Gasteiger partial charge >= 0.3 is 0 Å². The van der Waals surface area contributed by atoms with Gasteiger partial charge in [-0.15, -0.1) is 0 Å². The molecule has 2 fully saturated rings. The Balaban J connectivity index is 0.00000274. The Kier molecular flexibility index (Phi) is 5.87. The van der Waals surface area contributed by atoms with Crippen LogP contribution in [0.5, 0.6) is 0 Å². The Morgan fingerprint density at radius 2 is 1.15 bits per heavy atom. The average molecular weight is 495 g/mol. The summed E-state index contributed by atoms with van der Waals surface area (Å²) < 4.78 is 34.7. The van der Waals surface area contributed by atoms with Gasteiger partial charge in [-0.1, -0.05) is 105 Å². The van der Waals surface area contributed by atoms with Gasteiger partial charge in [-0.3, -0.25) is 9.35 Å². The highest BCUT2D eigenvalue weighted by Crippen LogP contribution is 2.78. The summed E-state index contributed by atoms with van der Waals surface area (Å²) in [6.45, 7) is 4.04. The molecule has 3 aromatic rings. The van der Waals surface area contributed by atoms with E-state index in [0.717, 1.165) is 16.7 Å². The highest BCUT2D eigenvalue weighted by atomic mass is 32.2. The fourth-order valence-corrected chi connectivity index (χ4v) is 8.67. The third kappa shape index (κ3) is 2.88. The number of Topliss-reactive ketones (excluding diaryl/α,β-unsaturated/α-hetero) is 1. The van der Waals surface area contributed by atoms with Crippen LogP contribution in [0.3, 0.4) is 0 Å². The summed E-state index contributed by atoms with van der Waals surface area (Å²) in [6.07, 6.45) is 1.05. The zero-order valence-corrected chi connectivity index (χ0v) is 21.2. The molecule has 2 aliphatic rings. The molecule has 0 aromatic heterocycles. The lowest BCUT2D eigenvalue weighted by molar-refractivity contribution is -0.132. The molecule has 3 aromatic carbocycles. The average Bonchev–Trinajstić information content (AvgIpc) is 3.10. The zero-order chi connectivity index (χ0) is 23.5. The minimum atomic E-state index is -4.40. The van der Waals surface area contributed by atoms with Gasteiger partial charge in [0, 0.05) is 5.41 Å². The highest BCUT2D eigenvalue weighted by molar-refractivity contribution is 7.85. The number of hydrogen-bond donors (Lipinski definition) is 1. The summed E-state index contributed by atoms with van der Waals surface area (Å²) in [6, 6.07) is 29.5. The lowest BCUT2D eigenvalue weighted by atomic mass is 9.49. The van der Waals surface area contributed by atoms with Crippen LogP contribution < -0.4 is 0 Å². The summed E-state index contributed by atoms with van der Waals surface area (Å²) in [5.41, 5.74) is -1.03. The fraction of sp³-hybridized carbons (Fsp3) is 0.321. The molecule has 0 heterocycles. The number of carbonyl (C=O) groups excluding carboxylic acids is 1. The number of rotatable bonds is 5. The van der Waals surface area contributed by atoms with Crippen LogP contribution in [0.1, 0.15) is 43.4 Å². The highest BCUT2D eigenvalue weighted by Gasteiger charge is 2.83. The van der Waals surface area contributed by atoms with Gasteiger partial charge in [-0.2, -0.15) is 21.9 Å². The SMILES string of the molecule is CC1(C)C2(CS(=O)(=O)O)CCC1(c1ccccc1)C(c1ccccc1)(c1ccccc1)C2=O.S. The molecule has 0 radical (unpaired) electrons. The quantitative estimate of drug-likeness (QED) is 0.489. The minimum Gasteiger partial charge on any atom is -0.298 e. The number of benzene rings is 3. The summed E-state index contributed by atoms with van der Waals surface area (Å²) in [5, 5.41) is 0. The van der Waals surface area contributed by atoms with Crippen LogP contribution in [0.4, 0.5) is 0 Å². The zero-order valence-electron chi connectivity index (χ0n) is 19.4. The summed E-state index contributed by atoms with van der Waals surface area (Å²) >= 11 is 0. The monoisotopic (exact) mass is 494 g/mol. The van der Waals surface area contributed by atoms with Gasteiger partial charge in [0.15, 0.2) is 5.78 Å². The molecule has 2 bridgehead atoms. The molecule has 178 valence electrons. The first-order valence-corrected chi connectivity index (χ1v) is 12.9. The van der Waals surface area contributed by atoms with Crippen molar-refractivity contribution >= 4 is 29.4 Å². The number of hydrogen-bond acceptors (Lipinski definition) is 3. The molecular formula is C28H30O4S2. The van der Waals surface area contributed by atoms with Crippen LogP contribution in [0.15, 0.2) is 91.0 Å². The lowest BCUT2D eigenvalue weighted by Gasteiger charge is -2.51. The van der Waals surface area contributed by atoms with E-state index in [9.17, 15) is 17.8 Å². The van der Waals surface area contributed by atoms with Crippen LogP contribution >= 0.6 is 13.5 Å². The van der Waals surface area contributed by atoms with Crippen molar-refractivity contribution in [1.29, 1.82) is 0 Å². The molecule has 2 aliphatic carbocycles. The van der Waals surface area contributed by atoms with Gasteiger partial charge in [0.2, 0.25) is 0 Å². The summed E-state index contributed by atoms with van der Waals surface area (Å²) in [4.78, 5) is 14.9. The van der Waals surface area contributed by atoms with Gasteiger partial charge in [0.05, 0.1) is 16.6 Å². The van der Waals surface area contributed by atoms with E-state index in [-0.39, 0.29) is 19.3 Å². The van der Waals surface area contributed by atoms with Gasteiger partial charge in [-0.25, -0.2) is 0 Å². The maximum Gasteiger partial charge on any atom is 0.265 e. The molecule has 1 N–H and O–H groups in total. The van der Waals surface area contributed by atoms with E-state index in [0.29, 0.717) is 12.8 Å². The molecule has 0 amide bonds. The van der Waals surface area contributed by atoms with Crippen molar-refractivity contribution in [2.24, 2.45) is 10.8 Å². The normalized spacial score (nSPS) is 26.7. The van der Waals surface area contributed by atoms with Crippen molar-refractivity contribution in [2.75, 3.05) is 5.75 Å². The van der Waals surface area contributed by atoms with Crippen LogP contribution in [0.25, 0.3) is 0 Å². The van der Waals surface area contributed by atoms with E-state index in [1.165, 1.54) is 0 Å². The standard InChI is InChI=1S/C28H28O4S.H2S/c1-25(2)26(20-33(30,31)32)18-19-27(25,21-12-6-3-7-13-21)28(24(26)29,22-14-8-4-9-15-22)23-16-10-5-11-17-23;/h3-17H,18-20H2,1-2H3,(H,30,31,32);1H2. The smallest absolute Gasteiger partial charge is 0.265 e. The Labute approximate surface area is 208 Å². The summed E-state index contributed by atoms with van der Waals surface area (Å²) in [7, 11) is -4.40. The van der Waals surface area contributed by atoms with E-state index in [1.54, 1.807) is 0 Å². The van der Waals surface area contributed by atoms with E-state index >= 15 is 0 Å². The Hall–Kier alpha value is -2.41. The van der Waals surface area contributed by atoms with E-state index in [1.807, 2.05) is 92.7 Å². The molecule has 5 rings (SSSR count). The molecule has 34 heavy (non-hydrogen) atoms. The molecule has 0 spiro atoms. The van der Waals surface area contributed by atoms with Crippen molar-refractivity contribution in [1.82, 2.24) is 0 Å². The van der Waals surface area contributed by atoms with Crippen molar-refractivity contribution in [2.45, 2.75) is 37.5 Å². The first-order valence-electron chi connectivity index (χ1n) is 11.3. The van der Waals surface area contributed by atoms with Gasteiger partial charge < -0.3 is 0 Å². The van der Waals surface area contributed by atoms with E-state index in [4.69, 9.17) is 0 Å². The third-order valence-electron chi connectivity index (χ3n) is 8.71. The van der Waals surface area contributed by atoms with Crippen molar-refractivity contribution in [3.63, 3.8) is 0 Å². The van der Waals surface area contributed by atoms with Crippen molar-refractivity contribution < 1.29 is 17.8 Å². The largest absolute Gasteiger partial charge is 0.298 e. The number of carbonyl (C=O) groups is 1. The Bertz CT molecular complexity index is 1260. The fourth-order valence-electron chi connectivity index (χ4n) is 7.41. The van der Waals surface area contributed by atoms with Crippen LogP contribution in [-0.4, -0.2) is 24.5 Å². The van der Waals surface area contributed by atoms with Crippen LogP contribution in [-0.2, 0) is 25.7 Å². The van der Waals surface area contributed by atoms with E-state index < -0.39 is 37.5 Å². The molecule has 0 aliphatic heterocycles. The second kappa shape index (κ2) is 8.08. The molecule has 6 heteroatoms. The van der Waals surface area contributed by atoms with E-state index in [2.05, 4.69) is 12.1 Å². The van der Waals surface area contributed by atoms with Gasteiger partial charge in [-0.05, 0) is 34.9 Å². The topological polar surface area (TPSA) is 71.4 Å². The molecule has 4 nitrogen and oxygen atoms in total. The van der Waals surface area contributed by atoms with Crippen LogP contribution in [0, 0.1) is 10.8 Å². The summed E-state index contributed by atoms with van der Waals surface area (Å²) in [5.74, 6) is -0.688. The lowest BCUT2D eigenvalue weighted by Crippen LogP contribution is -2.55. The Morgan fingerprint density at radius 3 is 1.56 bits per heavy atom. The minimum absolute atomic E-state index is 0. The Morgan fingerprint density at radius 1 is 0.735 bits per heavy atom. The molecular weight excluding hydrogens is 464 g/mol.